The molecular weight excluding hydrogens is 346 g/mol. The molecule has 0 saturated carbocycles. The van der Waals surface area contributed by atoms with E-state index in [2.05, 4.69) is 26.8 Å². The molecule has 6 nitrogen and oxygen atoms in total. The highest BCUT2D eigenvalue weighted by Crippen LogP contribution is 2.35. The maximum absolute atomic E-state index is 5.64. The fraction of sp³-hybridized carbons (Fsp3) is 0.250. The van der Waals surface area contributed by atoms with Gasteiger partial charge in [-0.25, -0.2) is 4.68 Å². The van der Waals surface area contributed by atoms with Crippen LogP contribution in [0, 0.1) is 4.84 Å². The number of nitrogens with zero attached hydrogens (tertiary/aromatic N) is 3. The maximum atomic E-state index is 5.64. The van der Waals surface area contributed by atoms with Crippen molar-refractivity contribution in [1.82, 2.24) is 14.7 Å². The number of ether oxygens (including phenoxy) is 2. The second-order valence-electron chi connectivity index (χ2n) is 5.53. The first-order valence-electron chi connectivity index (χ1n) is 7.36. The molecule has 0 radical (unpaired) electrons. The van der Waals surface area contributed by atoms with E-state index in [1.807, 2.05) is 25.2 Å². The van der Waals surface area contributed by atoms with Gasteiger partial charge in [-0.2, -0.15) is 11.3 Å². The number of thiophene rings is 1. The molecule has 3 heterocycles. The van der Waals surface area contributed by atoms with Crippen molar-refractivity contribution in [2.75, 3.05) is 13.8 Å². The molecule has 0 aliphatic carbocycles. The van der Waals surface area contributed by atoms with Crippen molar-refractivity contribution < 1.29 is 13.9 Å². The van der Waals surface area contributed by atoms with E-state index in [9.17, 15) is 0 Å². The standard InChI is InChI=1S/C16H15N3O3S2/c1-18(7-11-4-5-24-8-11)9-19-16(23)22-15(17-19)12-2-3-13-14(6-12)21-10-20-13/h2-6,8H,7,9-10H2,1H3. The first-order chi connectivity index (χ1) is 11.7. The van der Waals surface area contributed by atoms with Crippen molar-refractivity contribution >= 4 is 23.6 Å². The molecule has 0 unspecified atom stereocenters. The molecule has 1 aliphatic heterocycles. The number of fused-ring (bicyclic) bond motifs is 1. The Hall–Kier alpha value is -2.16. The summed E-state index contributed by atoms with van der Waals surface area (Å²) in [6, 6.07) is 7.69. The third-order valence-electron chi connectivity index (χ3n) is 3.63. The molecule has 0 saturated heterocycles. The third-order valence-corrected chi connectivity index (χ3v) is 4.66. The normalized spacial score (nSPS) is 12.9. The van der Waals surface area contributed by atoms with E-state index in [0.717, 1.165) is 17.9 Å². The van der Waals surface area contributed by atoms with Gasteiger partial charge in [0.15, 0.2) is 11.5 Å². The SMILES string of the molecule is CN(Cc1ccsc1)Cn1nc(-c2ccc3c(c2)OCO3)oc1=S. The van der Waals surface area contributed by atoms with Crippen molar-refractivity contribution in [3.63, 3.8) is 0 Å². The number of aromatic nitrogens is 2. The second-order valence-corrected chi connectivity index (χ2v) is 6.66. The predicted molar refractivity (Wildman–Crippen MR) is 92.7 cm³/mol. The van der Waals surface area contributed by atoms with Gasteiger partial charge in [0, 0.05) is 12.1 Å². The van der Waals surface area contributed by atoms with Crippen LogP contribution in [0.5, 0.6) is 11.5 Å². The third kappa shape index (κ3) is 3.08. The summed E-state index contributed by atoms with van der Waals surface area (Å²) >= 11 is 6.98. The molecule has 124 valence electrons. The van der Waals surface area contributed by atoms with E-state index in [0.29, 0.717) is 23.1 Å². The maximum Gasteiger partial charge on any atom is 0.288 e. The van der Waals surface area contributed by atoms with Crippen molar-refractivity contribution in [3.05, 3.63) is 45.4 Å². The Kier molecular flexibility index (Phi) is 4.09. The highest BCUT2D eigenvalue weighted by molar-refractivity contribution is 7.71. The van der Waals surface area contributed by atoms with Crippen LogP contribution in [0.4, 0.5) is 0 Å². The summed E-state index contributed by atoms with van der Waals surface area (Å²) in [5.41, 5.74) is 2.08. The summed E-state index contributed by atoms with van der Waals surface area (Å²) in [5.74, 6) is 1.90. The van der Waals surface area contributed by atoms with Crippen molar-refractivity contribution in [2.24, 2.45) is 0 Å². The molecule has 0 amide bonds. The smallest absolute Gasteiger partial charge is 0.288 e. The Balaban J connectivity index is 1.53. The summed E-state index contributed by atoms with van der Waals surface area (Å²) in [6.07, 6.45) is 0. The van der Waals surface area contributed by atoms with Gasteiger partial charge in [-0.15, -0.1) is 5.10 Å². The van der Waals surface area contributed by atoms with Crippen molar-refractivity contribution in [2.45, 2.75) is 13.2 Å². The molecular formula is C16H15N3O3S2. The van der Waals surface area contributed by atoms with Crippen LogP contribution in [-0.2, 0) is 13.2 Å². The van der Waals surface area contributed by atoms with Crippen LogP contribution in [0.3, 0.4) is 0 Å². The molecule has 24 heavy (non-hydrogen) atoms. The molecule has 0 N–H and O–H groups in total. The lowest BCUT2D eigenvalue weighted by Crippen LogP contribution is -2.22. The predicted octanol–water partition coefficient (Wildman–Crippen LogP) is 3.75. The molecule has 8 heteroatoms. The minimum atomic E-state index is 0.240. The van der Waals surface area contributed by atoms with E-state index >= 15 is 0 Å². The molecule has 1 aromatic carbocycles. The van der Waals surface area contributed by atoms with Gasteiger partial charge in [0.2, 0.25) is 12.7 Å². The zero-order chi connectivity index (χ0) is 16.5. The summed E-state index contributed by atoms with van der Waals surface area (Å²) < 4.78 is 18.0. The average molecular weight is 361 g/mol. The minimum Gasteiger partial charge on any atom is -0.454 e. The topological polar surface area (TPSA) is 52.7 Å². The number of hydrogen-bond donors (Lipinski definition) is 0. The summed E-state index contributed by atoms with van der Waals surface area (Å²) in [6.45, 7) is 1.63. The van der Waals surface area contributed by atoms with E-state index in [4.69, 9.17) is 26.1 Å². The van der Waals surface area contributed by atoms with E-state index in [1.165, 1.54) is 5.56 Å². The molecule has 2 aromatic heterocycles. The zero-order valence-corrected chi connectivity index (χ0v) is 14.6. The van der Waals surface area contributed by atoms with Crippen molar-refractivity contribution in [1.29, 1.82) is 0 Å². The van der Waals surface area contributed by atoms with Gasteiger partial charge in [0.1, 0.15) is 0 Å². The summed E-state index contributed by atoms with van der Waals surface area (Å²) in [7, 11) is 2.02. The van der Waals surface area contributed by atoms with Crippen molar-refractivity contribution in [3.8, 4) is 23.0 Å². The molecule has 0 spiro atoms. The van der Waals surface area contributed by atoms with Gasteiger partial charge in [-0.1, -0.05) is 0 Å². The molecule has 3 aromatic rings. The van der Waals surface area contributed by atoms with Gasteiger partial charge in [0.05, 0.1) is 6.67 Å². The van der Waals surface area contributed by atoms with Gasteiger partial charge in [-0.3, -0.25) is 4.90 Å². The summed E-state index contributed by atoms with van der Waals surface area (Å²) in [4.78, 5) is 2.48. The van der Waals surface area contributed by atoms with Crippen LogP contribution in [0.1, 0.15) is 5.56 Å². The number of hydrogen-bond acceptors (Lipinski definition) is 7. The van der Waals surface area contributed by atoms with Crippen LogP contribution in [0.2, 0.25) is 0 Å². The van der Waals surface area contributed by atoms with E-state index < -0.39 is 0 Å². The van der Waals surface area contributed by atoms with Crippen LogP contribution in [0.25, 0.3) is 11.5 Å². The lowest BCUT2D eigenvalue weighted by molar-refractivity contribution is 0.174. The highest BCUT2D eigenvalue weighted by Gasteiger charge is 2.17. The highest BCUT2D eigenvalue weighted by atomic mass is 32.1. The largest absolute Gasteiger partial charge is 0.454 e. The Morgan fingerprint density at radius 3 is 3.00 bits per heavy atom. The Bertz CT molecular complexity index is 902. The number of rotatable bonds is 5. The Morgan fingerprint density at radius 2 is 2.17 bits per heavy atom. The van der Waals surface area contributed by atoms with Gasteiger partial charge in [-0.05, 0) is 59.9 Å². The van der Waals surface area contributed by atoms with Gasteiger partial charge in [0.25, 0.3) is 4.84 Å². The first-order valence-corrected chi connectivity index (χ1v) is 8.72. The molecule has 4 rings (SSSR count). The monoisotopic (exact) mass is 361 g/mol. The van der Waals surface area contributed by atoms with Gasteiger partial charge >= 0.3 is 0 Å². The molecule has 1 aliphatic rings. The van der Waals surface area contributed by atoms with E-state index in [-0.39, 0.29) is 6.79 Å². The fourth-order valence-electron chi connectivity index (χ4n) is 2.51. The fourth-order valence-corrected chi connectivity index (χ4v) is 3.35. The van der Waals surface area contributed by atoms with Gasteiger partial charge < -0.3 is 13.9 Å². The number of benzene rings is 1. The first kappa shape index (κ1) is 15.4. The Morgan fingerprint density at radius 1 is 1.29 bits per heavy atom. The van der Waals surface area contributed by atoms with Crippen LogP contribution >= 0.6 is 23.6 Å². The Labute approximate surface area is 147 Å². The average Bonchev–Trinajstić information content (AvgIpc) is 3.28. The summed E-state index contributed by atoms with van der Waals surface area (Å²) in [5, 5.41) is 8.69. The molecule has 0 bridgehead atoms. The minimum absolute atomic E-state index is 0.240. The molecule has 0 fully saturated rings. The van der Waals surface area contributed by atoms with Crippen LogP contribution in [0.15, 0.2) is 39.4 Å². The van der Waals surface area contributed by atoms with Crippen LogP contribution in [-0.4, -0.2) is 28.5 Å². The molecule has 0 atom stereocenters. The zero-order valence-electron chi connectivity index (χ0n) is 13.0. The lowest BCUT2D eigenvalue weighted by Gasteiger charge is -2.14. The lowest BCUT2D eigenvalue weighted by atomic mass is 10.2. The van der Waals surface area contributed by atoms with Crippen LogP contribution < -0.4 is 9.47 Å². The second kappa shape index (κ2) is 6.39. The van der Waals surface area contributed by atoms with E-state index in [1.54, 1.807) is 16.0 Å². The quantitative estimate of drug-likeness (QED) is 0.645.